The minimum absolute atomic E-state index is 0.228. The van der Waals surface area contributed by atoms with Crippen molar-refractivity contribution in [3.63, 3.8) is 0 Å². The Bertz CT molecular complexity index is 417. The van der Waals surface area contributed by atoms with Gasteiger partial charge in [-0.15, -0.1) is 0 Å². The third-order valence-electron chi connectivity index (χ3n) is 3.19. The topological polar surface area (TPSA) is 35.2 Å². The van der Waals surface area contributed by atoms with E-state index < -0.39 is 23.4 Å². The molecule has 2 nitrogen and oxygen atoms in total. The maximum Gasteiger partial charge on any atom is 0.301 e. The van der Waals surface area contributed by atoms with Crippen molar-refractivity contribution in [2.75, 3.05) is 13.2 Å². The molecule has 18 heavy (non-hydrogen) atoms. The van der Waals surface area contributed by atoms with Gasteiger partial charge in [-0.3, -0.25) is 0 Å². The zero-order valence-corrected chi connectivity index (χ0v) is 9.96. The lowest BCUT2D eigenvalue weighted by Crippen LogP contribution is -2.31. The Balaban J connectivity index is 2.34. The summed E-state index contributed by atoms with van der Waals surface area (Å²) in [4.78, 5) is 0. The summed E-state index contributed by atoms with van der Waals surface area (Å²) in [6.45, 7) is 0.538. The molecule has 0 unspecified atom stereocenters. The predicted molar refractivity (Wildman–Crippen MR) is 62.0 cm³/mol. The molecule has 1 atom stereocenters. The molecule has 1 fully saturated rings. The third kappa shape index (κ3) is 2.37. The van der Waals surface area contributed by atoms with Crippen LogP contribution in [0.15, 0.2) is 18.2 Å². The molecule has 2 rings (SSSR count). The summed E-state index contributed by atoms with van der Waals surface area (Å²) in [5, 5.41) is 0. The quantitative estimate of drug-likeness (QED) is 0.902. The van der Waals surface area contributed by atoms with Gasteiger partial charge in [0.05, 0.1) is 5.56 Å². The Labute approximate surface area is 104 Å². The molecular weight excluding hydrogens is 243 g/mol. The van der Waals surface area contributed by atoms with Gasteiger partial charge in [-0.2, -0.15) is 8.78 Å². The number of hydrogen-bond donors (Lipinski definition) is 1. The second-order valence-electron chi connectivity index (χ2n) is 4.44. The van der Waals surface area contributed by atoms with Crippen LogP contribution in [0.1, 0.15) is 24.0 Å². The number of hydrogen-bond acceptors (Lipinski definition) is 2. The van der Waals surface area contributed by atoms with E-state index in [2.05, 4.69) is 0 Å². The first-order chi connectivity index (χ1) is 8.57. The van der Waals surface area contributed by atoms with Gasteiger partial charge in [0, 0.05) is 6.61 Å². The Morgan fingerprint density at radius 2 is 2.17 bits per heavy atom. The number of alkyl halides is 2. The van der Waals surface area contributed by atoms with Crippen LogP contribution in [-0.2, 0) is 17.1 Å². The first-order valence-corrected chi connectivity index (χ1v) is 6.04. The molecule has 0 aromatic heterocycles. The maximum absolute atomic E-state index is 14.1. The fourth-order valence-corrected chi connectivity index (χ4v) is 2.22. The first kappa shape index (κ1) is 13.4. The molecule has 2 N–H and O–H groups in total. The van der Waals surface area contributed by atoms with Gasteiger partial charge in [0.15, 0.2) is 0 Å². The van der Waals surface area contributed by atoms with Crippen molar-refractivity contribution >= 4 is 0 Å². The second kappa shape index (κ2) is 5.28. The predicted octanol–water partition coefficient (Wildman–Crippen LogP) is 2.60. The zero-order chi connectivity index (χ0) is 13.2. The van der Waals surface area contributed by atoms with Crippen LogP contribution in [0.25, 0.3) is 0 Å². The molecule has 0 bridgehead atoms. The number of nitrogens with two attached hydrogens (primary N) is 1. The van der Waals surface area contributed by atoms with Crippen molar-refractivity contribution in [2.45, 2.75) is 31.3 Å². The van der Waals surface area contributed by atoms with E-state index in [1.54, 1.807) is 0 Å². The normalized spacial score (nSPS) is 20.3. The lowest BCUT2D eigenvalue weighted by molar-refractivity contribution is -0.124. The first-order valence-electron chi connectivity index (χ1n) is 6.04. The maximum atomic E-state index is 14.1. The highest BCUT2D eigenvalue weighted by molar-refractivity contribution is 5.30. The van der Waals surface area contributed by atoms with Gasteiger partial charge in [0.25, 0.3) is 0 Å². The van der Waals surface area contributed by atoms with E-state index in [0.29, 0.717) is 13.0 Å². The Morgan fingerprint density at radius 3 is 2.78 bits per heavy atom. The SMILES string of the molecule is NCCc1cccc(C(F)(F)[C@@H]2CCCO2)c1F. The van der Waals surface area contributed by atoms with Crippen molar-refractivity contribution in [3.8, 4) is 0 Å². The van der Waals surface area contributed by atoms with Crippen LogP contribution in [-0.4, -0.2) is 19.3 Å². The van der Waals surface area contributed by atoms with Crippen LogP contribution in [0.2, 0.25) is 0 Å². The van der Waals surface area contributed by atoms with Crippen LogP contribution < -0.4 is 5.73 Å². The highest BCUT2D eigenvalue weighted by atomic mass is 19.3. The molecular formula is C13H16F3NO. The van der Waals surface area contributed by atoms with Crippen molar-refractivity contribution in [1.29, 1.82) is 0 Å². The van der Waals surface area contributed by atoms with Crippen LogP contribution in [0.4, 0.5) is 13.2 Å². The lowest BCUT2D eigenvalue weighted by Gasteiger charge is -2.24. The Morgan fingerprint density at radius 1 is 1.39 bits per heavy atom. The van der Waals surface area contributed by atoms with E-state index in [-0.39, 0.29) is 24.9 Å². The van der Waals surface area contributed by atoms with Gasteiger partial charge in [-0.25, -0.2) is 4.39 Å². The molecule has 1 aliphatic rings. The van der Waals surface area contributed by atoms with Crippen LogP contribution >= 0.6 is 0 Å². The Hall–Kier alpha value is -1.07. The molecule has 100 valence electrons. The zero-order valence-electron chi connectivity index (χ0n) is 9.96. The number of halogens is 3. The average Bonchev–Trinajstić information content (AvgIpc) is 2.86. The van der Waals surface area contributed by atoms with Gasteiger partial charge in [-0.1, -0.05) is 12.1 Å². The fraction of sp³-hybridized carbons (Fsp3) is 0.538. The summed E-state index contributed by atoms with van der Waals surface area (Å²) >= 11 is 0. The summed E-state index contributed by atoms with van der Waals surface area (Å²) in [6, 6.07) is 4.04. The third-order valence-corrected chi connectivity index (χ3v) is 3.19. The number of ether oxygens (including phenoxy) is 1. The molecule has 0 saturated carbocycles. The Kier molecular flexibility index (Phi) is 3.92. The lowest BCUT2D eigenvalue weighted by atomic mass is 9.97. The standard InChI is InChI=1S/C13H16F3NO/c14-12-9(6-7-17)3-1-4-10(12)13(15,16)11-5-2-8-18-11/h1,3-4,11H,2,5-8,17H2/t11-/m0/s1. The molecule has 0 spiro atoms. The molecule has 5 heteroatoms. The van der Waals surface area contributed by atoms with Crippen LogP contribution in [0.5, 0.6) is 0 Å². The van der Waals surface area contributed by atoms with E-state index in [1.165, 1.54) is 12.1 Å². The smallest absolute Gasteiger partial charge is 0.301 e. The number of rotatable bonds is 4. The summed E-state index contributed by atoms with van der Waals surface area (Å²) < 4.78 is 47.3. The highest BCUT2D eigenvalue weighted by Gasteiger charge is 2.46. The van der Waals surface area contributed by atoms with Gasteiger partial charge >= 0.3 is 5.92 Å². The molecule has 1 aromatic carbocycles. The summed E-state index contributed by atoms with van der Waals surface area (Å²) in [5.41, 5.74) is 4.98. The van der Waals surface area contributed by atoms with Gasteiger partial charge in [-0.05, 0) is 37.4 Å². The fourth-order valence-electron chi connectivity index (χ4n) is 2.22. The summed E-state index contributed by atoms with van der Waals surface area (Å²) in [7, 11) is 0. The van der Waals surface area contributed by atoms with Crippen molar-refractivity contribution < 1.29 is 17.9 Å². The number of benzene rings is 1. The van der Waals surface area contributed by atoms with Crippen molar-refractivity contribution in [2.24, 2.45) is 5.73 Å². The van der Waals surface area contributed by atoms with E-state index in [0.717, 1.165) is 6.07 Å². The molecule has 1 aliphatic heterocycles. The van der Waals surface area contributed by atoms with E-state index in [4.69, 9.17) is 10.5 Å². The average molecular weight is 259 g/mol. The molecule has 0 radical (unpaired) electrons. The molecule has 0 amide bonds. The largest absolute Gasteiger partial charge is 0.372 e. The summed E-state index contributed by atoms with van der Waals surface area (Å²) in [6.07, 6.45) is -0.126. The van der Waals surface area contributed by atoms with Gasteiger partial charge in [0.2, 0.25) is 0 Å². The van der Waals surface area contributed by atoms with Gasteiger partial charge < -0.3 is 10.5 Å². The van der Waals surface area contributed by atoms with Gasteiger partial charge in [0.1, 0.15) is 11.9 Å². The summed E-state index contributed by atoms with van der Waals surface area (Å²) in [5.74, 6) is -4.14. The molecule has 1 heterocycles. The van der Waals surface area contributed by atoms with E-state index in [9.17, 15) is 13.2 Å². The minimum atomic E-state index is -3.29. The molecule has 0 aliphatic carbocycles. The minimum Gasteiger partial charge on any atom is -0.372 e. The van der Waals surface area contributed by atoms with E-state index in [1.807, 2.05) is 0 Å². The highest BCUT2D eigenvalue weighted by Crippen LogP contribution is 2.39. The van der Waals surface area contributed by atoms with E-state index >= 15 is 0 Å². The van der Waals surface area contributed by atoms with Crippen molar-refractivity contribution in [1.82, 2.24) is 0 Å². The monoisotopic (exact) mass is 259 g/mol. The molecule has 1 saturated heterocycles. The van der Waals surface area contributed by atoms with Crippen LogP contribution in [0.3, 0.4) is 0 Å². The second-order valence-corrected chi connectivity index (χ2v) is 4.44. The van der Waals surface area contributed by atoms with Crippen LogP contribution in [0, 0.1) is 5.82 Å². The van der Waals surface area contributed by atoms with Crippen molar-refractivity contribution in [3.05, 3.63) is 35.1 Å². The molecule has 1 aromatic rings.